The van der Waals surface area contributed by atoms with Crippen LogP contribution in [-0.2, 0) is 32.0 Å². The molecule has 3 aromatic carbocycles. The Kier molecular flexibility index (Phi) is 8.00. The van der Waals surface area contributed by atoms with Crippen molar-refractivity contribution in [2.24, 2.45) is 5.73 Å². The standard InChI is InChI=1S/C34H35NO10/c1-16-33(43-15-18-8-5-4-6-9-18)21(35)12-24(44-16)45-23-14-34(41,17(2)36)13-20-26(23)32(40)28-27(30(20)38)29(37)19-10-7-11-22(42-3)25(19)31(28)39/h4-11,16,21,23-24,33,38,40-41H,12-15,35H2,1-3H3/t16?,21?,23-,24?,33?,34?/m1/s1. The average molecular weight is 618 g/mol. The molecule has 1 aliphatic heterocycles. The topological polar surface area (TPSA) is 175 Å². The molecule has 11 nitrogen and oxygen atoms in total. The van der Waals surface area contributed by atoms with Gasteiger partial charge in [0.15, 0.2) is 17.9 Å². The van der Waals surface area contributed by atoms with Gasteiger partial charge in [-0.25, -0.2) is 0 Å². The summed E-state index contributed by atoms with van der Waals surface area (Å²) in [6.07, 6.45) is -3.67. The van der Waals surface area contributed by atoms with E-state index >= 15 is 0 Å². The number of aromatic hydroxyl groups is 2. The van der Waals surface area contributed by atoms with Gasteiger partial charge in [-0.05, 0) is 25.5 Å². The van der Waals surface area contributed by atoms with Crippen molar-refractivity contribution in [3.8, 4) is 17.2 Å². The van der Waals surface area contributed by atoms with E-state index in [0.29, 0.717) is 6.61 Å². The first-order chi connectivity index (χ1) is 21.4. The number of benzene rings is 3. The van der Waals surface area contributed by atoms with Gasteiger partial charge in [-0.2, -0.15) is 0 Å². The van der Waals surface area contributed by atoms with Crippen LogP contribution in [0.15, 0.2) is 48.5 Å². The van der Waals surface area contributed by atoms with Gasteiger partial charge in [-0.3, -0.25) is 14.4 Å². The highest BCUT2D eigenvalue weighted by Crippen LogP contribution is 2.52. The van der Waals surface area contributed by atoms with Crippen LogP contribution in [0.25, 0.3) is 0 Å². The van der Waals surface area contributed by atoms with Crippen LogP contribution < -0.4 is 10.5 Å². The highest BCUT2D eigenvalue weighted by molar-refractivity contribution is 6.31. The molecule has 0 saturated carbocycles. The monoisotopic (exact) mass is 617 g/mol. The third kappa shape index (κ3) is 5.20. The summed E-state index contributed by atoms with van der Waals surface area (Å²) in [6.45, 7) is 3.33. The molecule has 0 amide bonds. The highest BCUT2D eigenvalue weighted by atomic mass is 16.7. The molecule has 0 spiro atoms. The highest BCUT2D eigenvalue weighted by Gasteiger charge is 2.49. The number of Topliss-reactive ketones (excluding diaryl/α,β-unsaturated/α-hetero) is 1. The summed E-state index contributed by atoms with van der Waals surface area (Å²) in [7, 11) is 1.35. The fraction of sp³-hybridized carbons (Fsp3) is 0.382. The van der Waals surface area contributed by atoms with Gasteiger partial charge in [-0.1, -0.05) is 42.5 Å². The van der Waals surface area contributed by atoms with E-state index in [1.54, 1.807) is 6.92 Å². The van der Waals surface area contributed by atoms with Crippen molar-refractivity contribution < 1.29 is 48.7 Å². The normalized spacial score (nSPS) is 27.4. The molecule has 6 rings (SSSR count). The van der Waals surface area contributed by atoms with Crippen LogP contribution in [0.3, 0.4) is 0 Å². The maximum absolute atomic E-state index is 13.8. The number of carbonyl (C=O) groups excluding carboxylic acids is 3. The third-order valence-corrected chi connectivity index (χ3v) is 9.05. The molecule has 6 atom stereocenters. The number of ether oxygens (including phenoxy) is 4. The van der Waals surface area contributed by atoms with Crippen LogP contribution in [0.1, 0.15) is 81.3 Å². The quantitative estimate of drug-likeness (QED) is 0.224. The Morgan fingerprint density at radius 3 is 2.40 bits per heavy atom. The summed E-state index contributed by atoms with van der Waals surface area (Å²) in [5, 5.41) is 34.6. The minimum Gasteiger partial charge on any atom is -0.507 e. The summed E-state index contributed by atoms with van der Waals surface area (Å²) in [6, 6.07) is 13.6. The van der Waals surface area contributed by atoms with E-state index in [4.69, 9.17) is 24.7 Å². The zero-order chi connectivity index (χ0) is 32.2. The van der Waals surface area contributed by atoms with Crippen LogP contribution >= 0.6 is 0 Å². The lowest BCUT2D eigenvalue weighted by molar-refractivity contribution is -0.254. The van der Waals surface area contributed by atoms with Gasteiger partial charge in [0.25, 0.3) is 0 Å². The number of phenols is 2. The van der Waals surface area contributed by atoms with E-state index in [1.165, 1.54) is 32.2 Å². The molecule has 2 aliphatic carbocycles. The molecule has 236 valence electrons. The van der Waals surface area contributed by atoms with Crippen LogP contribution in [-0.4, -0.2) is 69.9 Å². The van der Waals surface area contributed by atoms with Gasteiger partial charge in [0.2, 0.25) is 5.78 Å². The molecular weight excluding hydrogens is 582 g/mol. The van der Waals surface area contributed by atoms with Crippen molar-refractivity contribution in [1.82, 2.24) is 0 Å². The zero-order valence-electron chi connectivity index (χ0n) is 25.1. The minimum absolute atomic E-state index is 0.00504. The zero-order valence-corrected chi connectivity index (χ0v) is 25.1. The third-order valence-electron chi connectivity index (χ3n) is 9.05. The predicted molar refractivity (Wildman–Crippen MR) is 159 cm³/mol. The Morgan fingerprint density at radius 1 is 1.02 bits per heavy atom. The van der Waals surface area contributed by atoms with Gasteiger partial charge in [-0.15, -0.1) is 0 Å². The minimum atomic E-state index is -2.00. The Balaban J connectivity index is 1.35. The Bertz CT molecular complexity index is 1680. The molecule has 3 aliphatic rings. The van der Waals surface area contributed by atoms with Crippen molar-refractivity contribution in [1.29, 1.82) is 0 Å². The number of aliphatic hydroxyl groups is 1. The van der Waals surface area contributed by atoms with E-state index < -0.39 is 82.6 Å². The number of hydrogen-bond donors (Lipinski definition) is 4. The largest absolute Gasteiger partial charge is 0.507 e. The van der Waals surface area contributed by atoms with Crippen molar-refractivity contribution >= 4 is 17.3 Å². The number of ketones is 3. The lowest BCUT2D eigenvalue weighted by Gasteiger charge is -2.43. The number of carbonyl (C=O) groups is 3. The van der Waals surface area contributed by atoms with Gasteiger partial charge in [0, 0.05) is 42.0 Å². The first kappa shape index (κ1) is 30.9. The second kappa shape index (κ2) is 11.7. The average Bonchev–Trinajstić information content (AvgIpc) is 3.01. The van der Waals surface area contributed by atoms with Gasteiger partial charge in [0.05, 0.1) is 48.7 Å². The van der Waals surface area contributed by atoms with E-state index in [9.17, 15) is 29.7 Å². The number of hydrogen-bond acceptors (Lipinski definition) is 11. The molecule has 1 saturated heterocycles. The molecule has 1 heterocycles. The Hall–Kier alpha value is -4.13. The number of fused-ring (bicyclic) bond motifs is 3. The molecule has 1 fully saturated rings. The molecule has 3 aromatic rings. The SMILES string of the molecule is COc1cccc2c1C(=O)c1c(O)c3c(c(O)c1C2=O)CC(O)(C(C)=O)C[C@H]3OC1CC(N)C(OCc2ccccc2)C(C)O1. The summed E-state index contributed by atoms with van der Waals surface area (Å²) in [4.78, 5) is 40.1. The molecule has 5 N–H and O–H groups in total. The fourth-order valence-electron chi connectivity index (χ4n) is 6.68. The van der Waals surface area contributed by atoms with E-state index in [-0.39, 0.29) is 40.8 Å². The summed E-state index contributed by atoms with van der Waals surface area (Å²) < 4.78 is 23.8. The lowest BCUT2D eigenvalue weighted by Crippen LogP contribution is -2.53. The van der Waals surface area contributed by atoms with Crippen molar-refractivity contribution in [3.05, 3.63) is 87.5 Å². The van der Waals surface area contributed by atoms with Crippen LogP contribution in [0, 0.1) is 0 Å². The smallest absolute Gasteiger partial charge is 0.202 e. The van der Waals surface area contributed by atoms with Crippen LogP contribution in [0.2, 0.25) is 0 Å². The molecule has 5 unspecified atom stereocenters. The Morgan fingerprint density at radius 2 is 1.73 bits per heavy atom. The first-order valence-electron chi connectivity index (χ1n) is 14.8. The summed E-state index contributed by atoms with van der Waals surface area (Å²) in [5.74, 6) is -3.08. The first-order valence-corrected chi connectivity index (χ1v) is 14.8. The van der Waals surface area contributed by atoms with Crippen LogP contribution in [0.4, 0.5) is 0 Å². The van der Waals surface area contributed by atoms with E-state index in [0.717, 1.165) is 5.56 Å². The molecule has 0 radical (unpaired) electrons. The lowest BCUT2D eigenvalue weighted by atomic mass is 9.72. The van der Waals surface area contributed by atoms with Gasteiger partial charge >= 0.3 is 0 Å². The van der Waals surface area contributed by atoms with Crippen LogP contribution in [0.5, 0.6) is 17.2 Å². The van der Waals surface area contributed by atoms with E-state index in [2.05, 4.69) is 0 Å². The summed E-state index contributed by atoms with van der Waals surface area (Å²) in [5.41, 5.74) is 4.55. The van der Waals surface area contributed by atoms with Crippen molar-refractivity contribution in [2.75, 3.05) is 7.11 Å². The second-order valence-corrected chi connectivity index (χ2v) is 11.9. The molecule has 11 heteroatoms. The number of rotatable bonds is 7. The maximum atomic E-state index is 13.8. The fourth-order valence-corrected chi connectivity index (χ4v) is 6.68. The molecular formula is C34H35NO10. The van der Waals surface area contributed by atoms with Gasteiger partial charge < -0.3 is 40.0 Å². The number of nitrogens with two attached hydrogens (primary N) is 1. The molecule has 0 aromatic heterocycles. The summed E-state index contributed by atoms with van der Waals surface area (Å²) >= 11 is 0. The number of methoxy groups -OCH3 is 1. The second-order valence-electron chi connectivity index (χ2n) is 11.9. The number of phenolic OH excluding ortho intramolecular Hbond substituents is 2. The maximum Gasteiger partial charge on any atom is 0.202 e. The Labute approximate surface area is 259 Å². The predicted octanol–water partition coefficient (Wildman–Crippen LogP) is 3.25. The van der Waals surface area contributed by atoms with Crippen molar-refractivity contribution in [3.63, 3.8) is 0 Å². The van der Waals surface area contributed by atoms with E-state index in [1.807, 2.05) is 30.3 Å². The molecule has 0 bridgehead atoms. The van der Waals surface area contributed by atoms with Crippen molar-refractivity contribution in [2.45, 2.75) is 76.0 Å². The molecule has 45 heavy (non-hydrogen) atoms. The van der Waals surface area contributed by atoms with Gasteiger partial charge in [0.1, 0.15) is 22.8 Å².